The van der Waals surface area contributed by atoms with E-state index < -0.39 is 0 Å². The van der Waals surface area contributed by atoms with Gasteiger partial charge in [0, 0.05) is 12.5 Å². The van der Waals surface area contributed by atoms with Gasteiger partial charge >= 0.3 is 0 Å². The number of hydrazine groups is 1. The van der Waals surface area contributed by atoms with Crippen molar-refractivity contribution in [3.05, 3.63) is 0 Å². The summed E-state index contributed by atoms with van der Waals surface area (Å²) in [6.45, 7) is 2.71. The van der Waals surface area contributed by atoms with Gasteiger partial charge < -0.3 is 5.73 Å². The maximum atomic E-state index is 11.1. The lowest BCUT2D eigenvalue weighted by Crippen LogP contribution is -2.46. The van der Waals surface area contributed by atoms with E-state index in [4.69, 9.17) is 11.6 Å². The van der Waals surface area contributed by atoms with Crippen LogP contribution in [0.25, 0.3) is 0 Å². The Morgan fingerprint density at radius 1 is 1.60 bits per heavy atom. The molecule has 2 unspecified atom stereocenters. The van der Waals surface area contributed by atoms with E-state index in [2.05, 4.69) is 5.43 Å². The third-order valence-electron chi connectivity index (χ3n) is 2.83. The molecule has 0 radical (unpaired) electrons. The number of primary amides is 1. The number of nitrogens with one attached hydrogen (secondary N) is 1. The Kier molecular flexibility index (Phi) is 4.05. The molecule has 1 rings (SSSR count). The molecule has 0 aromatic rings. The predicted octanol–water partition coefficient (Wildman–Crippen LogP) is -1.30. The van der Waals surface area contributed by atoms with E-state index in [0.717, 1.165) is 19.4 Å². The molecule has 0 bridgehead atoms. The van der Waals surface area contributed by atoms with Crippen LogP contribution < -0.4 is 17.0 Å². The first-order valence-corrected chi connectivity index (χ1v) is 5.10. The van der Waals surface area contributed by atoms with Crippen molar-refractivity contribution in [1.29, 1.82) is 0 Å². The van der Waals surface area contributed by atoms with Crippen LogP contribution >= 0.6 is 0 Å². The molecule has 1 aliphatic rings. The maximum Gasteiger partial charge on any atom is 0.235 e. The quantitative estimate of drug-likeness (QED) is 0.308. The molecular formula is C9H18N4O2. The molecule has 5 N–H and O–H groups in total. The van der Waals surface area contributed by atoms with Gasteiger partial charge in [0.25, 0.3) is 0 Å². The summed E-state index contributed by atoms with van der Waals surface area (Å²) in [6, 6.07) is -0.237. The third kappa shape index (κ3) is 2.90. The number of hydrogen-bond donors (Lipinski definition) is 3. The molecule has 2 atom stereocenters. The largest absolute Gasteiger partial charge is 0.368 e. The number of carbonyl (C=O) groups is 2. The van der Waals surface area contributed by atoms with Crippen LogP contribution in [0.15, 0.2) is 0 Å². The van der Waals surface area contributed by atoms with Crippen molar-refractivity contribution in [2.24, 2.45) is 11.6 Å². The zero-order valence-electron chi connectivity index (χ0n) is 8.90. The van der Waals surface area contributed by atoms with Gasteiger partial charge in [0.05, 0.1) is 6.04 Å². The van der Waals surface area contributed by atoms with E-state index in [-0.39, 0.29) is 23.9 Å². The summed E-state index contributed by atoms with van der Waals surface area (Å²) >= 11 is 0. The molecule has 15 heavy (non-hydrogen) atoms. The molecule has 6 nitrogen and oxygen atoms in total. The van der Waals surface area contributed by atoms with Crippen molar-refractivity contribution in [1.82, 2.24) is 10.3 Å². The third-order valence-corrected chi connectivity index (χ3v) is 2.83. The molecule has 0 spiro atoms. The number of amides is 2. The summed E-state index contributed by atoms with van der Waals surface area (Å²) in [5.74, 6) is 4.47. The van der Waals surface area contributed by atoms with Crippen molar-refractivity contribution in [2.75, 3.05) is 6.54 Å². The highest BCUT2D eigenvalue weighted by Gasteiger charge is 2.32. The van der Waals surface area contributed by atoms with Crippen molar-refractivity contribution >= 4 is 11.8 Å². The smallest absolute Gasteiger partial charge is 0.235 e. The Bertz CT molecular complexity index is 256. The number of carbonyl (C=O) groups excluding carboxylic acids is 2. The fourth-order valence-corrected chi connectivity index (χ4v) is 2.07. The number of hydrogen-bond acceptors (Lipinski definition) is 4. The van der Waals surface area contributed by atoms with Gasteiger partial charge in [-0.05, 0) is 26.3 Å². The highest BCUT2D eigenvalue weighted by atomic mass is 16.2. The molecule has 6 heteroatoms. The van der Waals surface area contributed by atoms with E-state index in [0.29, 0.717) is 6.42 Å². The number of likely N-dealkylation sites (tertiary alicyclic amines) is 1. The van der Waals surface area contributed by atoms with Gasteiger partial charge in [-0.25, -0.2) is 5.84 Å². The van der Waals surface area contributed by atoms with E-state index >= 15 is 0 Å². The van der Waals surface area contributed by atoms with Crippen LogP contribution in [0.5, 0.6) is 0 Å². The Labute approximate surface area is 88.9 Å². The topological polar surface area (TPSA) is 101 Å². The maximum absolute atomic E-state index is 11.1. The minimum atomic E-state index is -0.312. The van der Waals surface area contributed by atoms with E-state index in [9.17, 15) is 9.59 Å². The summed E-state index contributed by atoms with van der Waals surface area (Å²) in [5.41, 5.74) is 7.37. The fourth-order valence-electron chi connectivity index (χ4n) is 2.07. The molecular weight excluding hydrogens is 196 g/mol. The second-order valence-corrected chi connectivity index (χ2v) is 3.92. The lowest BCUT2D eigenvalue weighted by molar-refractivity contribution is -0.126. The van der Waals surface area contributed by atoms with Crippen LogP contribution in [0, 0.1) is 0 Å². The van der Waals surface area contributed by atoms with Crippen molar-refractivity contribution in [3.63, 3.8) is 0 Å². The summed E-state index contributed by atoms with van der Waals surface area (Å²) in [4.78, 5) is 24.2. The number of rotatable bonds is 4. The molecule has 1 fully saturated rings. The monoisotopic (exact) mass is 214 g/mol. The summed E-state index contributed by atoms with van der Waals surface area (Å²) in [5, 5.41) is 0. The van der Waals surface area contributed by atoms with Crippen LogP contribution in [-0.2, 0) is 9.59 Å². The summed E-state index contributed by atoms with van der Waals surface area (Å²) < 4.78 is 0. The van der Waals surface area contributed by atoms with E-state index in [1.807, 2.05) is 11.8 Å². The van der Waals surface area contributed by atoms with Gasteiger partial charge in [-0.15, -0.1) is 0 Å². The van der Waals surface area contributed by atoms with Crippen molar-refractivity contribution in [2.45, 2.75) is 38.3 Å². The number of nitrogens with zero attached hydrogens (tertiary/aromatic N) is 1. The first-order valence-electron chi connectivity index (χ1n) is 5.10. The minimum absolute atomic E-state index is 0.00597. The van der Waals surface area contributed by atoms with Gasteiger partial charge in [-0.2, -0.15) is 0 Å². The standard InChI is InChI=1S/C9H18N4O2/c1-6(5-8(14)12-11)13-4-2-3-7(13)9(10)15/h6-7H,2-5,11H2,1H3,(H2,10,15)(H,12,14). The van der Waals surface area contributed by atoms with Crippen LogP contribution in [0.3, 0.4) is 0 Å². The van der Waals surface area contributed by atoms with Crippen LogP contribution in [0.2, 0.25) is 0 Å². The predicted molar refractivity (Wildman–Crippen MR) is 55.3 cm³/mol. The van der Waals surface area contributed by atoms with Gasteiger partial charge in [0.1, 0.15) is 0 Å². The highest BCUT2D eigenvalue weighted by molar-refractivity contribution is 5.80. The van der Waals surface area contributed by atoms with Gasteiger partial charge in [0.2, 0.25) is 11.8 Å². The SMILES string of the molecule is CC(CC(=O)NN)N1CCCC1C(N)=O. The molecule has 86 valence electrons. The van der Waals surface area contributed by atoms with Gasteiger partial charge in [-0.3, -0.25) is 19.9 Å². The Balaban J connectivity index is 2.54. The minimum Gasteiger partial charge on any atom is -0.368 e. The highest BCUT2D eigenvalue weighted by Crippen LogP contribution is 2.20. The van der Waals surface area contributed by atoms with Gasteiger partial charge in [-0.1, -0.05) is 0 Å². The molecule has 1 aliphatic heterocycles. The average molecular weight is 214 g/mol. The first-order chi connectivity index (χ1) is 7.06. The summed E-state index contributed by atoms with van der Waals surface area (Å²) in [7, 11) is 0. The van der Waals surface area contributed by atoms with Crippen molar-refractivity contribution in [3.8, 4) is 0 Å². The van der Waals surface area contributed by atoms with Crippen LogP contribution in [0.1, 0.15) is 26.2 Å². The van der Waals surface area contributed by atoms with E-state index in [1.165, 1.54) is 0 Å². The van der Waals surface area contributed by atoms with Gasteiger partial charge in [0.15, 0.2) is 0 Å². The van der Waals surface area contributed by atoms with Crippen molar-refractivity contribution < 1.29 is 9.59 Å². The lowest BCUT2D eigenvalue weighted by Gasteiger charge is -2.28. The second kappa shape index (κ2) is 5.09. The molecule has 0 saturated carbocycles. The molecule has 2 amide bonds. The molecule has 0 aliphatic carbocycles. The molecule has 0 aromatic carbocycles. The van der Waals surface area contributed by atoms with Crippen LogP contribution in [0.4, 0.5) is 0 Å². The normalized spacial score (nSPS) is 23.7. The second-order valence-electron chi connectivity index (χ2n) is 3.92. The van der Waals surface area contributed by atoms with E-state index in [1.54, 1.807) is 0 Å². The van der Waals surface area contributed by atoms with Crippen LogP contribution in [-0.4, -0.2) is 35.3 Å². The Morgan fingerprint density at radius 2 is 2.27 bits per heavy atom. The summed E-state index contributed by atoms with van der Waals surface area (Å²) in [6.07, 6.45) is 2.02. The molecule has 1 saturated heterocycles. The number of nitrogens with two attached hydrogens (primary N) is 2. The fraction of sp³-hybridized carbons (Fsp3) is 0.778. The molecule has 0 aromatic heterocycles. The first kappa shape index (κ1) is 11.9. The Hall–Kier alpha value is -1.14. The average Bonchev–Trinajstić information content (AvgIpc) is 2.65. The molecule has 1 heterocycles. The lowest BCUT2D eigenvalue weighted by atomic mass is 10.1. The zero-order valence-corrected chi connectivity index (χ0v) is 8.90. The Morgan fingerprint density at radius 3 is 2.80 bits per heavy atom. The zero-order chi connectivity index (χ0) is 11.4.